The van der Waals surface area contributed by atoms with Crippen molar-refractivity contribution in [2.45, 2.75) is 67.6 Å². The highest BCUT2D eigenvalue weighted by atomic mass is 35.5. The summed E-state index contributed by atoms with van der Waals surface area (Å²) in [7, 11) is 0. The van der Waals surface area contributed by atoms with E-state index < -0.39 is 22.9 Å². The molecule has 0 bridgehead atoms. The van der Waals surface area contributed by atoms with Crippen molar-refractivity contribution in [1.82, 2.24) is 19.5 Å². The molecule has 0 aliphatic carbocycles. The van der Waals surface area contributed by atoms with Crippen molar-refractivity contribution < 1.29 is 14.6 Å². The normalized spacial score (nSPS) is 21.6. The molecule has 216 valence electrons. The number of carbonyl (C=O) groups is 1. The van der Waals surface area contributed by atoms with Crippen LogP contribution in [0.4, 0.5) is 11.5 Å². The Morgan fingerprint density at radius 3 is 2.73 bits per heavy atom. The molecule has 6 rings (SSSR count). The summed E-state index contributed by atoms with van der Waals surface area (Å²) in [5.74, 6) is -0.0422. The Labute approximate surface area is 246 Å². The molecule has 1 spiro atoms. The Kier molecular flexibility index (Phi) is 7.66. The monoisotopic (exact) mass is 597 g/mol. The number of halogens is 1. The van der Waals surface area contributed by atoms with E-state index in [1.165, 1.54) is 16.3 Å². The lowest BCUT2D eigenvalue weighted by Gasteiger charge is -2.41. The third-order valence-electron chi connectivity index (χ3n) is 8.46. The van der Waals surface area contributed by atoms with Gasteiger partial charge in [-0.1, -0.05) is 29.4 Å². The zero-order chi connectivity index (χ0) is 28.7. The van der Waals surface area contributed by atoms with E-state index in [4.69, 9.17) is 22.1 Å². The van der Waals surface area contributed by atoms with E-state index in [1.54, 1.807) is 24.5 Å². The summed E-state index contributed by atoms with van der Waals surface area (Å²) in [4.78, 5) is 42.2. The fourth-order valence-corrected chi connectivity index (χ4v) is 6.99. The molecule has 13 heteroatoms. The number of rotatable bonds is 5. The molecule has 2 aromatic heterocycles. The Hall–Kier alpha value is -3.19. The van der Waals surface area contributed by atoms with Crippen molar-refractivity contribution in [3.63, 3.8) is 0 Å². The fraction of sp³-hybridized carbons (Fsp3) is 0.464. The van der Waals surface area contributed by atoms with Crippen LogP contribution in [0, 0.1) is 5.41 Å². The van der Waals surface area contributed by atoms with Crippen LogP contribution in [-0.2, 0) is 17.7 Å². The molecule has 1 amide bonds. The number of carbonyl (C=O) groups excluding carboxylic acids is 1. The molecule has 0 radical (unpaired) electrons. The highest BCUT2D eigenvalue weighted by molar-refractivity contribution is 7.99. The summed E-state index contributed by atoms with van der Waals surface area (Å²) < 4.78 is 7.28. The standard InChI is InChI=1S/C28H32ClN7O4S/c1-16-24(30)28(15-40-16)8-11-35(12-9-28)20-13-32-21(14-31-20)41-18-6-4-5-17(23(18)29)33-25(37)22-26(38)34-19-7-2-3-10-36(19)27(22)39/h4-6,13-14,16,24,38H,2-3,7-12,15,30H2,1H3,(H,33,37)/t16-,24+/m0/s1. The summed E-state index contributed by atoms with van der Waals surface area (Å²) in [5, 5.41) is 13.9. The van der Waals surface area contributed by atoms with Gasteiger partial charge in [0.15, 0.2) is 5.56 Å². The van der Waals surface area contributed by atoms with Gasteiger partial charge in [0.25, 0.3) is 11.5 Å². The molecular weight excluding hydrogens is 566 g/mol. The number of nitrogens with two attached hydrogens (primary N) is 1. The van der Waals surface area contributed by atoms with Gasteiger partial charge in [-0.05, 0) is 44.7 Å². The van der Waals surface area contributed by atoms with Crippen LogP contribution in [0.25, 0.3) is 0 Å². The molecule has 0 saturated carbocycles. The van der Waals surface area contributed by atoms with Crippen molar-refractivity contribution in [3.05, 3.63) is 57.4 Å². The minimum Gasteiger partial charge on any atom is -0.493 e. The molecular formula is C28H32ClN7O4S. The second kappa shape index (κ2) is 11.2. The largest absolute Gasteiger partial charge is 0.493 e. The highest BCUT2D eigenvalue weighted by Crippen LogP contribution is 2.42. The number of amides is 1. The van der Waals surface area contributed by atoms with Gasteiger partial charge in [-0.2, -0.15) is 4.98 Å². The SMILES string of the molecule is C[C@@H]1OCC2(CCN(c3cnc(Sc4cccc(NC(=O)c5c(O)nc6n(c5=O)CCCC6)c4Cl)cn3)CC2)[C@@H]1N. The van der Waals surface area contributed by atoms with Gasteiger partial charge in [0.1, 0.15) is 16.7 Å². The summed E-state index contributed by atoms with van der Waals surface area (Å²) in [6.07, 6.45) is 7.75. The Bertz CT molecular complexity index is 1530. The van der Waals surface area contributed by atoms with Crippen LogP contribution in [0.2, 0.25) is 5.02 Å². The van der Waals surface area contributed by atoms with Crippen LogP contribution < -0.4 is 21.5 Å². The zero-order valence-corrected chi connectivity index (χ0v) is 24.2. The number of hydrogen-bond donors (Lipinski definition) is 3. The average Bonchev–Trinajstić information content (AvgIpc) is 3.24. The Morgan fingerprint density at radius 2 is 2.02 bits per heavy atom. The van der Waals surface area contributed by atoms with Crippen LogP contribution in [0.5, 0.6) is 5.88 Å². The van der Waals surface area contributed by atoms with E-state index in [0.29, 0.717) is 41.0 Å². The molecule has 41 heavy (non-hydrogen) atoms. The molecule has 11 nitrogen and oxygen atoms in total. The van der Waals surface area contributed by atoms with Crippen molar-refractivity contribution in [2.24, 2.45) is 11.1 Å². The number of fused-ring (bicyclic) bond motifs is 1. The molecule has 2 atom stereocenters. The number of benzene rings is 1. The number of ether oxygens (including phenoxy) is 1. The maximum atomic E-state index is 13.0. The van der Waals surface area contributed by atoms with Crippen LogP contribution >= 0.6 is 23.4 Å². The first kappa shape index (κ1) is 28.0. The summed E-state index contributed by atoms with van der Waals surface area (Å²) >= 11 is 7.96. The van der Waals surface area contributed by atoms with Crippen molar-refractivity contribution in [1.29, 1.82) is 0 Å². The van der Waals surface area contributed by atoms with Gasteiger partial charge >= 0.3 is 0 Å². The van der Waals surface area contributed by atoms with E-state index in [2.05, 4.69) is 25.2 Å². The van der Waals surface area contributed by atoms with Gasteiger partial charge in [0, 0.05) is 42.4 Å². The number of aromatic hydroxyl groups is 1. The molecule has 5 heterocycles. The van der Waals surface area contributed by atoms with Gasteiger partial charge in [0.05, 0.1) is 35.8 Å². The Balaban J connectivity index is 1.13. The molecule has 2 saturated heterocycles. The average molecular weight is 598 g/mol. The maximum absolute atomic E-state index is 13.0. The number of piperidine rings is 1. The maximum Gasteiger partial charge on any atom is 0.270 e. The lowest BCUT2D eigenvalue weighted by molar-refractivity contribution is 0.0974. The summed E-state index contributed by atoms with van der Waals surface area (Å²) in [5.41, 5.74) is 5.84. The molecule has 2 fully saturated rings. The number of nitrogens with one attached hydrogen (secondary N) is 1. The van der Waals surface area contributed by atoms with Crippen LogP contribution in [0.15, 0.2) is 45.3 Å². The van der Waals surface area contributed by atoms with Gasteiger partial charge in [-0.3, -0.25) is 14.2 Å². The first-order valence-electron chi connectivity index (χ1n) is 13.8. The highest BCUT2D eigenvalue weighted by Gasteiger charge is 2.47. The quantitative estimate of drug-likeness (QED) is 0.399. The second-order valence-electron chi connectivity index (χ2n) is 10.9. The predicted octanol–water partition coefficient (Wildman–Crippen LogP) is 3.46. The van der Waals surface area contributed by atoms with Gasteiger partial charge in [0.2, 0.25) is 5.88 Å². The summed E-state index contributed by atoms with van der Waals surface area (Å²) in [6, 6.07) is 5.24. The van der Waals surface area contributed by atoms with E-state index in [9.17, 15) is 14.7 Å². The third kappa shape index (κ3) is 5.29. The lowest BCUT2D eigenvalue weighted by atomic mass is 9.73. The van der Waals surface area contributed by atoms with Crippen molar-refractivity contribution >= 4 is 40.8 Å². The fourth-order valence-electron chi connectivity index (χ4n) is 5.92. The van der Waals surface area contributed by atoms with Crippen LogP contribution in [0.1, 0.15) is 48.8 Å². The smallest absolute Gasteiger partial charge is 0.270 e. The molecule has 3 aromatic rings. The minimum absolute atomic E-state index is 0.0413. The molecule has 4 N–H and O–H groups in total. The van der Waals surface area contributed by atoms with E-state index in [0.717, 1.165) is 44.6 Å². The first-order valence-corrected chi connectivity index (χ1v) is 15.0. The number of hydrogen-bond acceptors (Lipinski definition) is 10. The second-order valence-corrected chi connectivity index (χ2v) is 12.4. The summed E-state index contributed by atoms with van der Waals surface area (Å²) in [6.45, 7) is 4.92. The topological polar surface area (TPSA) is 148 Å². The minimum atomic E-state index is -0.767. The predicted molar refractivity (Wildman–Crippen MR) is 156 cm³/mol. The lowest BCUT2D eigenvalue weighted by Crippen LogP contribution is -2.50. The Morgan fingerprint density at radius 1 is 1.22 bits per heavy atom. The number of nitrogens with zero attached hydrogens (tertiary/aromatic N) is 5. The molecule has 1 aromatic carbocycles. The number of aryl methyl sites for hydroxylation is 1. The zero-order valence-electron chi connectivity index (χ0n) is 22.7. The first-order chi connectivity index (χ1) is 19.8. The molecule has 3 aliphatic heterocycles. The molecule has 0 unspecified atom stereocenters. The van der Waals surface area contributed by atoms with E-state index in [-0.39, 0.29) is 22.6 Å². The van der Waals surface area contributed by atoms with Crippen LogP contribution in [0.3, 0.4) is 0 Å². The van der Waals surface area contributed by atoms with Gasteiger partial charge < -0.3 is 25.8 Å². The van der Waals surface area contributed by atoms with E-state index >= 15 is 0 Å². The molecule has 3 aliphatic rings. The number of aromatic nitrogens is 4. The van der Waals surface area contributed by atoms with Crippen molar-refractivity contribution in [2.75, 3.05) is 29.9 Å². The van der Waals surface area contributed by atoms with Gasteiger partial charge in [-0.15, -0.1) is 0 Å². The van der Waals surface area contributed by atoms with Crippen LogP contribution in [-0.4, -0.2) is 62.4 Å². The van der Waals surface area contributed by atoms with E-state index in [1.807, 2.05) is 13.0 Å². The van der Waals surface area contributed by atoms with Crippen molar-refractivity contribution in [3.8, 4) is 5.88 Å². The van der Waals surface area contributed by atoms with Gasteiger partial charge in [-0.25, -0.2) is 9.97 Å². The third-order valence-corrected chi connectivity index (χ3v) is 9.96. The number of anilines is 2.